The second kappa shape index (κ2) is 6.55. The molecule has 1 atom stereocenters. The summed E-state index contributed by atoms with van der Waals surface area (Å²) in [6.45, 7) is 6.18. The van der Waals surface area contributed by atoms with Crippen molar-refractivity contribution in [3.8, 4) is 5.75 Å². The van der Waals surface area contributed by atoms with Crippen LogP contribution >= 0.6 is 23.2 Å². The molecule has 0 fully saturated rings. The van der Waals surface area contributed by atoms with E-state index in [2.05, 4.69) is 5.16 Å². The first-order chi connectivity index (χ1) is 9.82. The number of rotatable bonds is 4. The van der Waals surface area contributed by atoms with Gasteiger partial charge in [0, 0.05) is 17.5 Å². The zero-order valence-electron chi connectivity index (χ0n) is 12.1. The molecule has 0 saturated heterocycles. The highest BCUT2D eigenvalue weighted by Gasteiger charge is 2.32. The first kappa shape index (κ1) is 16.6. The van der Waals surface area contributed by atoms with E-state index >= 15 is 0 Å². The minimum Gasteiger partial charge on any atom is -0.492 e. The molecular formula is C14H17Cl2NO3S. The van der Waals surface area contributed by atoms with Gasteiger partial charge in [-0.25, -0.2) is 0 Å². The zero-order valence-corrected chi connectivity index (χ0v) is 14.4. The Bertz CT molecular complexity index is 602. The van der Waals surface area contributed by atoms with E-state index < -0.39 is 16.4 Å². The molecule has 0 radical (unpaired) electrons. The van der Waals surface area contributed by atoms with Gasteiger partial charge in [-0.2, -0.15) is 0 Å². The second-order valence-electron chi connectivity index (χ2n) is 5.31. The summed E-state index contributed by atoms with van der Waals surface area (Å²) in [6, 6.07) is 3.34. The smallest absolute Gasteiger partial charge is 0.148 e. The van der Waals surface area contributed by atoms with Gasteiger partial charge in [-0.3, -0.25) is 4.21 Å². The Morgan fingerprint density at radius 3 is 2.67 bits per heavy atom. The molecule has 21 heavy (non-hydrogen) atoms. The van der Waals surface area contributed by atoms with Gasteiger partial charge < -0.3 is 9.57 Å². The van der Waals surface area contributed by atoms with Crippen molar-refractivity contribution in [2.75, 3.05) is 6.61 Å². The maximum atomic E-state index is 12.3. The Balaban J connectivity index is 2.13. The van der Waals surface area contributed by atoms with Crippen LogP contribution in [-0.4, -0.2) is 21.5 Å². The molecule has 1 aromatic rings. The lowest BCUT2D eigenvalue weighted by atomic mass is 10.1. The van der Waals surface area contributed by atoms with Gasteiger partial charge in [0.05, 0.1) is 28.2 Å². The molecule has 0 amide bonds. The molecule has 0 aliphatic carbocycles. The minimum absolute atomic E-state index is 0.253. The van der Waals surface area contributed by atoms with Crippen molar-refractivity contribution < 1.29 is 13.8 Å². The van der Waals surface area contributed by atoms with Crippen LogP contribution < -0.4 is 4.74 Å². The van der Waals surface area contributed by atoms with Crippen LogP contribution in [0.3, 0.4) is 0 Å². The average Bonchev–Trinajstić information content (AvgIpc) is 2.76. The lowest BCUT2D eigenvalue weighted by Gasteiger charge is -2.13. The van der Waals surface area contributed by atoms with Crippen molar-refractivity contribution >= 4 is 39.0 Å². The zero-order chi connectivity index (χ0) is 15.6. The Kier molecular flexibility index (Phi) is 5.17. The summed E-state index contributed by atoms with van der Waals surface area (Å²) in [6.07, 6.45) is 0.544. The number of halogens is 2. The molecule has 116 valence electrons. The molecule has 0 aromatic heterocycles. The standard InChI is InChI=1S/C14H17Cl2NO3S/c1-4-19-12-6-10(15)9(5-11(12)16)8-21(18)13-7-14(2,3)20-17-13/h5-6H,4,7-8H2,1-3H3. The maximum Gasteiger partial charge on any atom is 0.148 e. The van der Waals surface area contributed by atoms with E-state index in [1.165, 1.54) is 0 Å². The van der Waals surface area contributed by atoms with E-state index in [1.807, 2.05) is 20.8 Å². The van der Waals surface area contributed by atoms with Crippen LogP contribution in [0.15, 0.2) is 17.3 Å². The van der Waals surface area contributed by atoms with Gasteiger partial charge in [0.25, 0.3) is 0 Å². The van der Waals surface area contributed by atoms with Gasteiger partial charge in [-0.05, 0) is 32.4 Å². The van der Waals surface area contributed by atoms with Gasteiger partial charge in [0.2, 0.25) is 0 Å². The fourth-order valence-electron chi connectivity index (χ4n) is 1.90. The Labute approximate surface area is 136 Å². The van der Waals surface area contributed by atoms with Crippen LogP contribution in [0.5, 0.6) is 5.75 Å². The lowest BCUT2D eigenvalue weighted by Crippen LogP contribution is -2.20. The van der Waals surface area contributed by atoms with Gasteiger partial charge >= 0.3 is 0 Å². The minimum atomic E-state index is -1.28. The Hall–Kier alpha value is -0.780. The first-order valence-electron chi connectivity index (χ1n) is 6.56. The molecule has 0 bridgehead atoms. The fourth-order valence-corrected chi connectivity index (χ4v) is 3.75. The molecule has 7 heteroatoms. The molecular weight excluding hydrogens is 333 g/mol. The first-order valence-corrected chi connectivity index (χ1v) is 8.64. The summed E-state index contributed by atoms with van der Waals surface area (Å²) in [5.74, 6) is 0.782. The normalized spacial score (nSPS) is 18.0. The molecule has 2 rings (SSSR count). The number of oxime groups is 1. The van der Waals surface area contributed by atoms with E-state index in [0.29, 0.717) is 39.4 Å². The van der Waals surface area contributed by atoms with E-state index in [9.17, 15) is 4.21 Å². The number of hydrogen-bond acceptors (Lipinski definition) is 4. The van der Waals surface area contributed by atoms with Crippen LogP contribution in [0, 0.1) is 0 Å². The van der Waals surface area contributed by atoms with E-state index in [0.717, 1.165) is 0 Å². The maximum absolute atomic E-state index is 12.3. The van der Waals surface area contributed by atoms with E-state index in [1.54, 1.807) is 12.1 Å². The number of nitrogens with zero attached hydrogens (tertiary/aromatic N) is 1. The highest BCUT2D eigenvalue weighted by Crippen LogP contribution is 2.32. The molecule has 1 aromatic carbocycles. The third-order valence-corrected chi connectivity index (χ3v) is 4.89. The molecule has 1 heterocycles. The summed E-state index contributed by atoms with van der Waals surface area (Å²) >= 11 is 12.3. The van der Waals surface area contributed by atoms with Gasteiger partial charge in [0.1, 0.15) is 16.4 Å². The van der Waals surface area contributed by atoms with Crippen molar-refractivity contribution in [1.82, 2.24) is 0 Å². The molecule has 0 spiro atoms. The van der Waals surface area contributed by atoms with Crippen molar-refractivity contribution in [1.29, 1.82) is 0 Å². The van der Waals surface area contributed by atoms with Gasteiger partial charge in [-0.15, -0.1) is 0 Å². The summed E-state index contributed by atoms with van der Waals surface area (Å²) in [7, 11) is -1.28. The van der Waals surface area contributed by atoms with Crippen LogP contribution in [0.2, 0.25) is 10.0 Å². The predicted octanol–water partition coefficient (Wildman–Crippen LogP) is 4.15. The summed E-state index contributed by atoms with van der Waals surface area (Å²) < 4.78 is 17.7. The fraction of sp³-hybridized carbons (Fsp3) is 0.500. The largest absolute Gasteiger partial charge is 0.492 e. The van der Waals surface area contributed by atoms with Crippen LogP contribution in [0.4, 0.5) is 0 Å². The monoisotopic (exact) mass is 349 g/mol. The number of hydrogen-bond donors (Lipinski definition) is 0. The molecule has 0 N–H and O–H groups in total. The van der Waals surface area contributed by atoms with E-state index in [-0.39, 0.29) is 5.75 Å². The van der Waals surface area contributed by atoms with Crippen LogP contribution in [0.25, 0.3) is 0 Å². The SMILES string of the molecule is CCOc1cc(Cl)c(CS(=O)C2=NOC(C)(C)C2)cc1Cl. The Morgan fingerprint density at radius 1 is 1.38 bits per heavy atom. The van der Waals surface area contributed by atoms with Gasteiger partial charge in [0.15, 0.2) is 0 Å². The van der Waals surface area contributed by atoms with Gasteiger partial charge in [-0.1, -0.05) is 28.4 Å². The van der Waals surface area contributed by atoms with Crippen LogP contribution in [0.1, 0.15) is 32.8 Å². The average molecular weight is 350 g/mol. The van der Waals surface area contributed by atoms with Crippen molar-refractivity contribution in [2.24, 2.45) is 5.16 Å². The highest BCUT2D eigenvalue weighted by atomic mass is 35.5. The molecule has 4 nitrogen and oxygen atoms in total. The highest BCUT2D eigenvalue weighted by molar-refractivity contribution is 7.99. The van der Waals surface area contributed by atoms with Crippen LogP contribution in [-0.2, 0) is 21.4 Å². The third kappa shape index (κ3) is 4.11. The number of benzene rings is 1. The summed E-state index contributed by atoms with van der Waals surface area (Å²) in [4.78, 5) is 5.23. The third-order valence-electron chi connectivity index (χ3n) is 2.92. The summed E-state index contributed by atoms with van der Waals surface area (Å²) in [5, 5.41) is 5.38. The summed E-state index contributed by atoms with van der Waals surface area (Å²) in [5.41, 5.74) is 0.307. The second-order valence-corrected chi connectivity index (χ2v) is 7.58. The van der Waals surface area contributed by atoms with Crippen molar-refractivity contribution in [3.63, 3.8) is 0 Å². The lowest BCUT2D eigenvalue weighted by molar-refractivity contribution is 0.0123. The van der Waals surface area contributed by atoms with E-state index in [4.69, 9.17) is 32.8 Å². The molecule has 1 aliphatic heterocycles. The predicted molar refractivity (Wildman–Crippen MR) is 86.7 cm³/mol. The molecule has 1 aliphatic rings. The molecule has 0 saturated carbocycles. The Morgan fingerprint density at radius 2 is 2.10 bits per heavy atom. The number of ether oxygens (including phenoxy) is 1. The topological polar surface area (TPSA) is 47.9 Å². The quantitative estimate of drug-likeness (QED) is 0.819. The van der Waals surface area contributed by atoms with Crippen molar-refractivity contribution in [2.45, 2.75) is 38.5 Å². The molecule has 1 unspecified atom stereocenters. The van der Waals surface area contributed by atoms with Crippen molar-refractivity contribution in [3.05, 3.63) is 27.7 Å².